The number of anilines is 1. The molecule has 2 aromatic rings. The van der Waals surface area contributed by atoms with Crippen LogP contribution in [0.5, 0.6) is 0 Å². The minimum absolute atomic E-state index is 0.0676. The number of nitrogens with two attached hydrogens (primary N) is 1. The average Bonchev–Trinajstić information content (AvgIpc) is 2.80. The maximum atomic E-state index is 11.2. The highest BCUT2D eigenvalue weighted by Crippen LogP contribution is 2.32. The molecule has 1 aromatic heterocycles. The fourth-order valence-corrected chi connectivity index (χ4v) is 2.39. The molecule has 0 spiro atoms. The number of aromatic nitrogens is 4. The van der Waals surface area contributed by atoms with Crippen LogP contribution in [0.1, 0.15) is 0 Å². The lowest BCUT2D eigenvalue weighted by atomic mass is 10.2. The van der Waals surface area contributed by atoms with E-state index in [1.807, 2.05) is 0 Å². The molecule has 0 amide bonds. The molecular formula is C10H11Cl2N5O2S. The van der Waals surface area contributed by atoms with Crippen molar-refractivity contribution in [3.05, 3.63) is 22.2 Å². The van der Waals surface area contributed by atoms with Gasteiger partial charge in [0.2, 0.25) is 0 Å². The van der Waals surface area contributed by atoms with Gasteiger partial charge in [0.25, 0.3) is 0 Å². The number of nitrogens with zero attached hydrogens (tertiary/aromatic N) is 4. The summed E-state index contributed by atoms with van der Waals surface area (Å²) in [5.41, 5.74) is 6.59. The fraction of sp³-hybridized carbons (Fsp3) is 0.300. The molecule has 0 aliphatic heterocycles. The van der Waals surface area contributed by atoms with E-state index in [0.717, 1.165) is 6.26 Å². The lowest BCUT2D eigenvalue weighted by molar-refractivity contribution is 0.581. The second-order valence-corrected chi connectivity index (χ2v) is 7.26. The first-order valence-electron chi connectivity index (χ1n) is 5.47. The van der Waals surface area contributed by atoms with Gasteiger partial charge in [0.1, 0.15) is 9.84 Å². The first-order valence-corrected chi connectivity index (χ1v) is 8.28. The number of aryl methyl sites for hydroxylation is 1. The Hall–Kier alpha value is -1.38. The number of sulfone groups is 1. The Balaban J connectivity index is 2.37. The van der Waals surface area contributed by atoms with Crippen molar-refractivity contribution in [3.63, 3.8) is 0 Å². The zero-order valence-corrected chi connectivity index (χ0v) is 12.7. The maximum absolute atomic E-state index is 11.2. The standard InChI is InChI=1S/C10H11Cl2N5O2S/c1-20(18,19)3-2-17-10(14-15-16-17)6-4-7(11)9(12)8(13)5-6/h4-5H,2-3,13H2,1H3. The second kappa shape index (κ2) is 5.55. The van der Waals surface area contributed by atoms with Gasteiger partial charge in [0.05, 0.1) is 28.0 Å². The van der Waals surface area contributed by atoms with Crippen LogP contribution >= 0.6 is 23.2 Å². The number of tetrazole rings is 1. The van der Waals surface area contributed by atoms with E-state index < -0.39 is 9.84 Å². The molecule has 20 heavy (non-hydrogen) atoms. The van der Waals surface area contributed by atoms with Crippen molar-refractivity contribution in [3.8, 4) is 11.4 Å². The van der Waals surface area contributed by atoms with Crippen molar-refractivity contribution >= 4 is 38.7 Å². The number of hydrogen-bond donors (Lipinski definition) is 1. The average molecular weight is 336 g/mol. The zero-order valence-electron chi connectivity index (χ0n) is 10.4. The van der Waals surface area contributed by atoms with Gasteiger partial charge in [-0.05, 0) is 22.6 Å². The molecule has 0 aliphatic rings. The first kappa shape index (κ1) is 15.0. The van der Waals surface area contributed by atoms with E-state index >= 15 is 0 Å². The van der Waals surface area contributed by atoms with Gasteiger partial charge >= 0.3 is 0 Å². The highest BCUT2D eigenvalue weighted by atomic mass is 35.5. The van der Waals surface area contributed by atoms with E-state index in [9.17, 15) is 8.42 Å². The lowest BCUT2D eigenvalue weighted by Gasteiger charge is -2.07. The van der Waals surface area contributed by atoms with Crippen LogP contribution in [0.4, 0.5) is 5.69 Å². The van der Waals surface area contributed by atoms with E-state index in [1.165, 1.54) is 4.68 Å². The van der Waals surface area contributed by atoms with Crippen LogP contribution in [0.15, 0.2) is 12.1 Å². The predicted octanol–water partition coefficient (Wildman–Crippen LogP) is 1.27. The molecule has 10 heteroatoms. The number of rotatable bonds is 4. The van der Waals surface area contributed by atoms with Crippen LogP contribution in [0, 0.1) is 0 Å². The molecule has 0 saturated heterocycles. The van der Waals surface area contributed by atoms with Crippen molar-refractivity contribution in [2.75, 3.05) is 17.7 Å². The second-order valence-electron chi connectivity index (χ2n) is 4.22. The van der Waals surface area contributed by atoms with Gasteiger partial charge in [-0.25, -0.2) is 13.1 Å². The molecule has 0 saturated carbocycles. The van der Waals surface area contributed by atoms with Gasteiger partial charge in [-0.1, -0.05) is 23.2 Å². The van der Waals surface area contributed by atoms with Crippen LogP contribution in [0.2, 0.25) is 10.0 Å². The van der Waals surface area contributed by atoms with E-state index in [4.69, 9.17) is 28.9 Å². The van der Waals surface area contributed by atoms with Gasteiger partial charge in [-0.2, -0.15) is 0 Å². The van der Waals surface area contributed by atoms with E-state index in [0.29, 0.717) is 17.1 Å². The van der Waals surface area contributed by atoms with Crippen LogP contribution in [0.25, 0.3) is 11.4 Å². The number of halogens is 2. The minimum Gasteiger partial charge on any atom is -0.397 e. The normalized spacial score (nSPS) is 11.8. The summed E-state index contributed by atoms with van der Waals surface area (Å²) in [7, 11) is -3.11. The predicted molar refractivity (Wildman–Crippen MR) is 77.4 cm³/mol. The summed E-state index contributed by atoms with van der Waals surface area (Å²) in [6.07, 6.45) is 1.15. The smallest absolute Gasteiger partial charge is 0.182 e. The lowest BCUT2D eigenvalue weighted by Crippen LogP contribution is -2.13. The molecule has 0 unspecified atom stereocenters. The Labute approximate surface area is 125 Å². The molecule has 108 valence electrons. The number of hydrogen-bond acceptors (Lipinski definition) is 6. The van der Waals surface area contributed by atoms with Gasteiger partial charge in [0, 0.05) is 11.8 Å². The SMILES string of the molecule is CS(=O)(=O)CCn1nnnc1-c1cc(N)c(Cl)c(Cl)c1. The van der Waals surface area contributed by atoms with Crippen LogP contribution in [-0.4, -0.2) is 40.6 Å². The molecule has 1 heterocycles. The topological polar surface area (TPSA) is 104 Å². The summed E-state index contributed by atoms with van der Waals surface area (Å²) >= 11 is 11.8. The van der Waals surface area contributed by atoms with Crippen molar-refractivity contribution in [2.45, 2.75) is 6.54 Å². The number of benzene rings is 1. The molecule has 7 nitrogen and oxygen atoms in total. The van der Waals surface area contributed by atoms with Crippen molar-refractivity contribution in [2.24, 2.45) is 0 Å². The van der Waals surface area contributed by atoms with Crippen molar-refractivity contribution < 1.29 is 8.42 Å². The third-order valence-electron chi connectivity index (χ3n) is 2.52. The molecule has 0 aliphatic carbocycles. The van der Waals surface area contributed by atoms with E-state index in [2.05, 4.69) is 15.5 Å². The molecule has 2 rings (SSSR count). The monoisotopic (exact) mass is 335 g/mol. The minimum atomic E-state index is -3.11. The summed E-state index contributed by atoms with van der Waals surface area (Å²) in [6.45, 7) is 0.140. The quantitative estimate of drug-likeness (QED) is 0.844. The zero-order chi connectivity index (χ0) is 14.9. The van der Waals surface area contributed by atoms with Crippen LogP contribution in [0.3, 0.4) is 0 Å². The number of nitrogen functional groups attached to an aromatic ring is 1. The Morgan fingerprint density at radius 3 is 2.65 bits per heavy atom. The van der Waals surface area contributed by atoms with E-state index in [1.54, 1.807) is 12.1 Å². The van der Waals surface area contributed by atoms with Crippen molar-refractivity contribution in [1.29, 1.82) is 0 Å². The summed E-state index contributed by atoms with van der Waals surface area (Å²) in [4.78, 5) is 0. The Kier molecular flexibility index (Phi) is 4.17. The van der Waals surface area contributed by atoms with E-state index in [-0.39, 0.29) is 22.3 Å². The third-order valence-corrected chi connectivity index (χ3v) is 4.26. The Morgan fingerprint density at radius 2 is 2.05 bits per heavy atom. The molecule has 1 aromatic carbocycles. The van der Waals surface area contributed by atoms with Crippen molar-refractivity contribution in [1.82, 2.24) is 20.2 Å². The molecule has 2 N–H and O–H groups in total. The Bertz CT molecular complexity index is 721. The molecule has 0 atom stereocenters. The van der Waals surface area contributed by atoms with Gasteiger partial charge < -0.3 is 5.73 Å². The molecule has 0 fully saturated rings. The fourth-order valence-electron chi connectivity index (χ4n) is 1.55. The van der Waals surface area contributed by atoms with Gasteiger partial charge in [0.15, 0.2) is 5.82 Å². The summed E-state index contributed by atoms with van der Waals surface area (Å²) < 4.78 is 23.7. The van der Waals surface area contributed by atoms with Crippen LogP contribution in [-0.2, 0) is 16.4 Å². The molecule has 0 radical (unpaired) electrons. The third kappa shape index (κ3) is 3.38. The summed E-state index contributed by atoms with van der Waals surface area (Å²) in [5, 5.41) is 11.7. The Morgan fingerprint density at radius 1 is 1.35 bits per heavy atom. The van der Waals surface area contributed by atoms with Crippen LogP contribution < -0.4 is 5.73 Å². The van der Waals surface area contributed by atoms with Gasteiger partial charge in [-0.3, -0.25) is 0 Å². The maximum Gasteiger partial charge on any atom is 0.182 e. The summed E-state index contributed by atoms with van der Waals surface area (Å²) in [5.74, 6) is 0.306. The summed E-state index contributed by atoms with van der Waals surface area (Å²) in [6, 6.07) is 3.15. The largest absolute Gasteiger partial charge is 0.397 e. The highest BCUT2D eigenvalue weighted by molar-refractivity contribution is 7.90. The molecule has 0 bridgehead atoms. The van der Waals surface area contributed by atoms with Gasteiger partial charge in [-0.15, -0.1) is 5.10 Å². The molecular weight excluding hydrogens is 325 g/mol. The highest BCUT2D eigenvalue weighted by Gasteiger charge is 2.14. The first-order chi connectivity index (χ1) is 9.28.